The second-order valence-corrected chi connectivity index (χ2v) is 6.05. The molecule has 0 fully saturated rings. The third-order valence-corrected chi connectivity index (χ3v) is 3.46. The first-order valence-corrected chi connectivity index (χ1v) is 7.66. The fraction of sp³-hybridized carbons (Fsp3) is 0.471. The molecule has 0 aliphatic rings. The lowest BCUT2D eigenvalue weighted by molar-refractivity contribution is 0.146. The molecule has 22 heavy (non-hydrogen) atoms. The molecule has 5 nitrogen and oxygen atoms in total. The SMILES string of the molecule is CC(C)CC(O)CNC(=O)NC(C)c1cc2ccccc2o1. The Balaban J connectivity index is 1.85. The maximum atomic E-state index is 11.9. The van der Waals surface area contributed by atoms with Gasteiger partial charge < -0.3 is 20.2 Å². The highest BCUT2D eigenvalue weighted by Crippen LogP contribution is 2.23. The van der Waals surface area contributed by atoms with Crippen molar-refractivity contribution >= 4 is 17.0 Å². The first kappa shape index (κ1) is 16.4. The molecule has 0 radical (unpaired) electrons. The van der Waals surface area contributed by atoms with Gasteiger partial charge in [0, 0.05) is 11.9 Å². The Morgan fingerprint density at radius 1 is 1.27 bits per heavy atom. The number of nitrogens with one attached hydrogen (secondary N) is 2. The lowest BCUT2D eigenvalue weighted by Gasteiger charge is -2.16. The Hall–Kier alpha value is -2.01. The van der Waals surface area contributed by atoms with Crippen molar-refractivity contribution in [3.8, 4) is 0 Å². The van der Waals surface area contributed by atoms with Crippen LogP contribution in [0.3, 0.4) is 0 Å². The number of para-hydroxylation sites is 1. The number of urea groups is 1. The molecule has 2 atom stereocenters. The Kier molecular flexibility index (Phi) is 5.44. The van der Waals surface area contributed by atoms with Gasteiger partial charge in [-0.3, -0.25) is 0 Å². The number of aliphatic hydroxyl groups excluding tert-OH is 1. The molecule has 0 aliphatic carbocycles. The van der Waals surface area contributed by atoms with Gasteiger partial charge in [-0.25, -0.2) is 4.79 Å². The first-order chi connectivity index (χ1) is 10.5. The molecule has 0 saturated carbocycles. The van der Waals surface area contributed by atoms with Crippen molar-refractivity contribution in [1.82, 2.24) is 10.6 Å². The highest BCUT2D eigenvalue weighted by molar-refractivity contribution is 5.78. The van der Waals surface area contributed by atoms with Crippen LogP contribution in [-0.2, 0) is 0 Å². The van der Waals surface area contributed by atoms with Gasteiger partial charge in [-0.05, 0) is 31.4 Å². The predicted octanol–water partition coefficient (Wildman–Crippen LogP) is 3.20. The van der Waals surface area contributed by atoms with E-state index in [2.05, 4.69) is 10.6 Å². The third kappa shape index (κ3) is 4.49. The second-order valence-electron chi connectivity index (χ2n) is 6.05. The Morgan fingerprint density at radius 3 is 2.68 bits per heavy atom. The molecular formula is C17H24N2O3. The number of carbonyl (C=O) groups excluding carboxylic acids is 1. The number of aliphatic hydroxyl groups is 1. The van der Waals surface area contributed by atoms with Crippen LogP contribution in [0, 0.1) is 5.92 Å². The normalized spacial score (nSPS) is 14.0. The zero-order valence-electron chi connectivity index (χ0n) is 13.3. The number of rotatable bonds is 6. The van der Waals surface area contributed by atoms with Gasteiger partial charge in [0.15, 0.2) is 0 Å². The molecule has 2 rings (SSSR count). The summed E-state index contributed by atoms with van der Waals surface area (Å²) >= 11 is 0. The molecule has 120 valence electrons. The van der Waals surface area contributed by atoms with Gasteiger partial charge in [-0.2, -0.15) is 0 Å². The van der Waals surface area contributed by atoms with Crippen molar-refractivity contribution in [1.29, 1.82) is 0 Å². The van der Waals surface area contributed by atoms with Gasteiger partial charge in [-0.1, -0.05) is 32.0 Å². The predicted molar refractivity (Wildman–Crippen MR) is 86.6 cm³/mol. The minimum Gasteiger partial charge on any atom is -0.459 e. The van der Waals surface area contributed by atoms with Crippen LogP contribution < -0.4 is 10.6 Å². The standard InChI is InChI=1S/C17H24N2O3/c1-11(2)8-14(20)10-18-17(21)19-12(3)16-9-13-6-4-5-7-15(13)22-16/h4-7,9,11-12,14,20H,8,10H2,1-3H3,(H2,18,19,21). The fourth-order valence-electron chi connectivity index (χ4n) is 2.37. The van der Waals surface area contributed by atoms with Crippen LogP contribution in [0.1, 0.15) is 39.0 Å². The summed E-state index contributed by atoms with van der Waals surface area (Å²) < 4.78 is 5.72. The number of fused-ring (bicyclic) bond motifs is 1. The summed E-state index contributed by atoms with van der Waals surface area (Å²) in [5.74, 6) is 1.11. The molecule has 2 aromatic rings. The Bertz CT molecular complexity index is 588. The molecule has 0 spiro atoms. The summed E-state index contributed by atoms with van der Waals surface area (Å²) in [4.78, 5) is 11.9. The van der Waals surface area contributed by atoms with Crippen LogP contribution in [-0.4, -0.2) is 23.8 Å². The maximum absolute atomic E-state index is 11.9. The lowest BCUT2D eigenvalue weighted by Crippen LogP contribution is -2.41. The molecule has 0 bridgehead atoms. The Labute approximate surface area is 130 Å². The van der Waals surface area contributed by atoms with Crippen LogP contribution >= 0.6 is 0 Å². The minimum absolute atomic E-state index is 0.241. The van der Waals surface area contributed by atoms with Crippen LogP contribution in [0.4, 0.5) is 4.79 Å². The molecule has 1 aromatic carbocycles. The summed E-state index contributed by atoms with van der Waals surface area (Å²) in [6, 6.07) is 9.10. The molecule has 3 N–H and O–H groups in total. The molecule has 2 amide bonds. The first-order valence-electron chi connectivity index (χ1n) is 7.66. The molecule has 0 aliphatic heterocycles. The van der Waals surface area contributed by atoms with Gasteiger partial charge in [0.1, 0.15) is 11.3 Å². The molecule has 1 aromatic heterocycles. The average Bonchev–Trinajstić information content (AvgIpc) is 2.88. The average molecular weight is 304 g/mol. The van der Waals surface area contributed by atoms with Gasteiger partial charge in [-0.15, -0.1) is 0 Å². The molecule has 1 heterocycles. The van der Waals surface area contributed by atoms with E-state index in [4.69, 9.17) is 4.42 Å². The quantitative estimate of drug-likeness (QED) is 0.767. The van der Waals surface area contributed by atoms with Crippen molar-refractivity contribution in [3.63, 3.8) is 0 Å². The van der Waals surface area contributed by atoms with E-state index in [0.29, 0.717) is 18.1 Å². The van der Waals surface area contributed by atoms with Gasteiger partial charge in [0.25, 0.3) is 0 Å². The number of carbonyl (C=O) groups is 1. The summed E-state index contributed by atoms with van der Waals surface area (Å²) in [6.45, 7) is 6.18. The van der Waals surface area contributed by atoms with Crippen LogP contribution in [0.15, 0.2) is 34.7 Å². The maximum Gasteiger partial charge on any atom is 0.315 e. The number of benzene rings is 1. The molecule has 0 saturated heterocycles. The van der Waals surface area contributed by atoms with Crippen LogP contribution in [0.5, 0.6) is 0 Å². The number of hydrogen-bond acceptors (Lipinski definition) is 3. The second kappa shape index (κ2) is 7.31. The van der Waals surface area contributed by atoms with Crippen molar-refractivity contribution < 1.29 is 14.3 Å². The zero-order chi connectivity index (χ0) is 16.1. The van der Waals surface area contributed by atoms with E-state index >= 15 is 0 Å². The highest BCUT2D eigenvalue weighted by Gasteiger charge is 2.15. The fourth-order valence-corrected chi connectivity index (χ4v) is 2.37. The lowest BCUT2D eigenvalue weighted by atomic mass is 10.1. The van der Waals surface area contributed by atoms with E-state index in [0.717, 1.165) is 11.0 Å². The van der Waals surface area contributed by atoms with Gasteiger partial charge >= 0.3 is 6.03 Å². The Morgan fingerprint density at radius 2 is 2.00 bits per heavy atom. The van der Waals surface area contributed by atoms with E-state index in [-0.39, 0.29) is 18.6 Å². The summed E-state index contributed by atoms with van der Waals surface area (Å²) in [5, 5.41) is 16.3. The molecule has 2 unspecified atom stereocenters. The van der Waals surface area contributed by atoms with E-state index in [9.17, 15) is 9.90 Å². The van der Waals surface area contributed by atoms with E-state index in [1.165, 1.54) is 0 Å². The van der Waals surface area contributed by atoms with Crippen molar-refractivity contribution in [2.75, 3.05) is 6.54 Å². The summed E-state index contributed by atoms with van der Waals surface area (Å²) in [5.41, 5.74) is 0.805. The number of amides is 2. The van der Waals surface area contributed by atoms with Crippen LogP contribution in [0.2, 0.25) is 0 Å². The number of furan rings is 1. The van der Waals surface area contributed by atoms with Gasteiger partial charge in [0.05, 0.1) is 12.1 Å². The van der Waals surface area contributed by atoms with Crippen molar-refractivity contribution in [3.05, 3.63) is 36.1 Å². The number of hydrogen-bond donors (Lipinski definition) is 3. The monoisotopic (exact) mass is 304 g/mol. The van der Waals surface area contributed by atoms with Crippen molar-refractivity contribution in [2.24, 2.45) is 5.92 Å². The third-order valence-electron chi connectivity index (χ3n) is 3.46. The smallest absolute Gasteiger partial charge is 0.315 e. The topological polar surface area (TPSA) is 74.5 Å². The van der Waals surface area contributed by atoms with Crippen molar-refractivity contribution in [2.45, 2.75) is 39.3 Å². The highest BCUT2D eigenvalue weighted by atomic mass is 16.3. The summed E-state index contributed by atoms with van der Waals surface area (Å²) in [6.07, 6.45) is 0.145. The van der Waals surface area contributed by atoms with Crippen LogP contribution in [0.25, 0.3) is 11.0 Å². The van der Waals surface area contributed by atoms with E-state index < -0.39 is 6.10 Å². The molecular weight excluding hydrogens is 280 g/mol. The largest absolute Gasteiger partial charge is 0.459 e. The zero-order valence-corrected chi connectivity index (χ0v) is 13.3. The van der Waals surface area contributed by atoms with Gasteiger partial charge in [0.2, 0.25) is 0 Å². The van der Waals surface area contributed by atoms with E-state index in [1.807, 2.05) is 51.1 Å². The minimum atomic E-state index is -0.521. The summed E-state index contributed by atoms with van der Waals surface area (Å²) in [7, 11) is 0. The van der Waals surface area contributed by atoms with E-state index in [1.54, 1.807) is 0 Å². The molecule has 5 heteroatoms.